The highest BCUT2D eigenvalue weighted by molar-refractivity contribution is 5.94. The van der Waals surface area contributed by atoms with Crippen molar-refractivity contribution in [3.05, 3.63) is 65.1 Å². The van der Waals surface area contributed by atoms with Gasteiger partial charge in [0.15, 0.2) is 0 Å². The van der Waals surface area contributed by atoms with Gasteiger partial charge in [0.25, 0.3) is 0 Å². The minimum atomic E-state index is 0.0142. The molecular formula is C31H38N6O. The molecule has 2 aromatic carbocycles. The number of likely N-dealkylation sites (tertiary alicyclic amines) is 1. The van der Waals surface area contributed by atoms with Crippen LogP contribution in [0.1, 0.15) is 43.9 Å². The zero-order valence-electron chi connectivity index (χ0n) is 22.7. The third-order valence-electron chi connectivity index (χ3n) is 8.94. The Labute approximate surface area is 226 Å². The molecule has 3 aliphatic heterocycles. The Morgan fingerprint density at radius 3 is 2.76 bits per heavy atom. The number of anilines is 2. The van der Waals surface area contributed by atoms with Crippen LogP contribution >= 0.6 is 0 Å². The highest BCUT2D eigenvalue weighted by atomic mass is 16.5. The predicted octanol–water partition coefficient (Wildman–Crippen LogP) is 5.19. The number of aromatic nitrogens is 2. The Morgan fingerprint density at radius 2 is 1.92 bits per heavy atom. The van der Waals surface area contributed by atoms with Gasteiger partial charge in [0.05, 0.1) is 17.8 Å². The smallest absolute Gasteiger partial charge is 0.318 e. The van der Waals surface area contributed by atoms with E-state index in [4.69, 9.17) is 21.3 Å². The lowest BCUT2D eigenvalue weighted by atomic mass is 9.96. The van der Waals surface area contributed by atoms with E-state index in [1.807, 2.05) is 0 Å². The molecule has 7 heteroatoms. The third-order valence-corrected chi connectivity index (χ3v) is 8.94. The molecule has 3 aliphatic rings. The summed E-state index contributed by atoms with van der Waals surface area (Å²) in [6.45, 7) is 15.5. The summed E-state index contributed by atoms with van der Waals surface area (Å²) in [5.41, 5.74) is 3.59. The molecule has 0 bridgehead atoms. The quantitative estimate of drug-likeness (QED) is 0.426. The van der Waals surface area contributed by atoms with Crippen LogP contribution in [0.15, 0.2) is 42.5 Å². The second-order valence-electron chi connectivity index (χ2n) is 11.5. The van der Waals surface area contributed by atoms with Gasteiger partial charge >= 0.3 is 6.01 Å². The molecule has 198 valence electrons. The SMILES string of the molecule is [C-]#[N+]CC1CCCN(c2nc(OC[C@]3(C)CCCN3C)nc3c2CCN(c2cccc4ccccc24)C3)C1. The third kappa shape index (κ3) is 4.78. The van der Waals surface area contributed by atoms with E-state index in [1.54, 1.807) is 0 Å². The normalized spacial score (nSPS) is 23.9. The molecular weight excluding hydrogens is 472 g/mol. The topological polar surface area (TPSA) is 49.1 Å². The molecule has 4 heterocycles. The second kappa shape index (κ2) is 10.4. The van der Waals surface area contributed by atoms with Crippen molar-refractivity contribution in [3.63, 3.8) is 0 Å². The van der Waals surface area contributed by atoms with Crippen molar-refractivity contribution in [2.24, 2.45) is 5.92 Å². The van der Waals surface area contributed by atoms with E-state index in [0.29, 0.717) is 25.1 Å². The van der Waals surface area contributed by atoms with Gasteiger partial charge in [0.1, 0.15) is 12.4 Å². The number of likely N-dealkylation sites (N-methyl/N-ethyl adjacent to an activating group) is 1. The van der Waals surface area contributed by atoms with Crippen LogP contribution < -0.4 is 14.5 Å². The first kappa shape index (κ1) is 24.9. The van der Waals surface area contributed by atoms with Gasteiger partial charge in [-0.25, -0.2) is 6.57 Å². The summed E-state index contributed by atoms with van der Waals surface area (Å²) in [5.74, 6) is 1.43. The van der Waals surface area contributed by atoms with Crippen molar-refractivity contribution in [1.82, 2.24) is 14.9 Å². The summed E-state index contributed by atoms with van der Waals surface area (Å²) in [6, 6.07) is 15.7. The van der Waals surface area contributed by atoms with Crippen LogP contribution in [0.5, 0.6) is 6.01 Å². The van der Waals surface area contributed by atoms with Crippen LogP contribution in [-0.2, 0) is 13.0 Å². The molecule has 0 aliphatic carbocycles. The summed E-state index contributed by atoms with van der Waals surface area (Å²) in [4.78, 5) is 21.0. The molecule has 2 fully saturated rings. The van der Waals surface area contributed by atoms with Gasteiger partial charge in [-0.05, 0) is 64.1 Å². The van der Waals surface area contributed by atoms with E-state index in [9.17, 15) is 0 Å². The predicted molar refractivity (Wildman–Crippen MR) is 153 cm³/mol. The Kier molecular flexibility index (Phi) is 6.84. The van der Waals surface area contributed by atoms with E-state index in [0.717, 1.165) is 69.9 Å². The van der Waals surface area contributed by atoms with Crippen molar-refractivity contribution < 1.29 is 4.74 Å². The summed E-state index contributed by atoms with van der Waals surface area (Å²) >= 11 is 0. The molecule has 7 nitrogen and oxygen atoms in total. The molecule has 0 N–H and O–H groups in total. The van der Waals surface area contributed by atoms with E-state index in [-0.39, 0.29) is 5.54 Å². The molecule has 3 aromatic rings. The minimum Gasteiger partial charge on any atom is -0.461 e. The zero-order chi connectivity index (χ0) is 26.1. The lowest BCUT2D eigenvalue weighted by Crippen LogP contribution is -2.44. The Bertz CT molecular complexity index is 1350. The first-order chi connectivity index (χ1) is 18.5. The molecule has 1 unspecified atom stereocenters. The summed E-state index contributed by atoms with van der Waals surface area (Å²) in [5, 5.41) is 2.54. The van der Waals surface area contributed by atoms with E-state index in [1.165, 1.54) is 28.4 Å². The summed E-state index contributed by atoms with van der Waals surface area (Å²) < 4.78 is 6.39. The lowest BCUT2D eigenvalue weighted by molar-refractivity contribution is 0.107. The fourth-order valence-electron chi connectivity index (χ4n) is 6.50. The van der Waals surface area contributed by atoms with E-state index >= 15 is 0 Å². The number of benzene rings is 2. The largest absolute Gasteiger partial charge is 0.461 e. The monoisotopic (exact) mass is 510 g/mol. The van der Waals surface area contributed by atoms with Gasteiger partial charge in [-0.3, -0.25) is 4.90 Å². The van der Waals surface area contributed by atoms with Gasteiger partial charge in [0.2, 0.25) is 6.54 Å². The molecule has 0 radical (unpaired) electrons. The highest BCUT2D eigenvalue weighted by Crippen LogP contribution is 2.36. The first-order valence-corrected chi connectivity index (χ1v) is 14.1. The van der Waals surface area contributed by atoms with Crippen LogP contribution in [0.4, 0.5) is 11.5 Å². The molecule has 38 heavy (non-hydrogen) atoms. The number of piperidine rings is 1. The Hall–Kier alpha value is -3.37. The van der Waals surface area contributed by atoms with Gasteiger partial charge in [-0.2, -0.15) is 9.97 Å². The van der Waals surface area contributed by atoms with Crippen molar-refractivity contribution in [3.8, 4) is 6.01 Å². The number of rotatable bonds is 6. The number of hydrogen-bond donors (Lipinski definition) is 0. The van der Waals surface area contributed by atoms with Crippen molar-refractivity contribution in [2.75, 3.05) is 56.2 Å². The zero-order valence-corrected chi connectivity index (χ0v) is 22.7. The van der Waals surface area contributed by atoms with Crippen LogP contribution in [-0.4, -0.2) is 66.8 Å². The van der Waals surface area contributed by atoms with Gasteiger partial charge in [0, 0.05) is 42.2 Å². The molecule has 2 saturated heterocycles. The maximum Gasteiger partial charge on any atom is 0.318 e. The summed E-state index contributed by atoms with van der Waals surface area (Å²) in [7, 11) is 2.18. The van der Waals surface area contributed by atoms with Gasteiger partial charge < -0.3 is 19.4 Å². The van der Waals surface area contributed by atoms with E-state index in [2.05, 4.69) is 76.0 Å². The lowest BCUT2D eigenvalue weighted by Gasteiger charge is -2.37. The van der Waals surface area contributed by atoms with Crippen LogP contribution in [0.3, 0.4) is 0 Å². The fourth-order valence-corrected chi connectivity index (χ4v) is 6.50. The van der Waals surface area contributed by atoms with Crippen LogP contribution in [0.25, 0.3) is 15.6 Å². The molecule has 0 saturated carbocycles. The number of nitrogens with zero attached hydrogens (tertiary/aromatic N) is 6. The first-order valence-electron chi connectivity index (χ1n) is 14.1. The molecule has 0 spiro atoms. The number of ether oxygens (including phenoxy) is 1. The second-order valence-corrected chi connectivity index (χ2v) is 11.5. The average molecular weight is 511 g/mol. The van der Waals surface area contributed by atoms with E-state index < -0.39 is 0 Å². The number of fused-ring (bicyclic) bond motifs is 2. The van der Waals surface area contributed by atoms with Gasteiger partial charge in [-0.15, -0.1) is 0 Å². The number of hydrogen-bond acceptors (Lipinski definition) is 6. The van der Waals surface area contributed by atoms with Gasteiger partial charge in [-0.1, -0.05) is 36.4 Å². The van der Waals surface area contributed by atoms with Crippen LogP contribution in [0, 0.1) is 12.5 Å². The highest BCUT2D eigenvalue weighted by Gasteiger charge is 2.36. The molecule has 2 atom stereocenters. The maximum atomic E-state index is 7.38. The Balaban J connectivity index is 1.33. The van der Waals surface area contributed by atoms with Crippen molar-refractivity contribution in [2.45, 2.75) is 51.1 Å². The van der Waals surface area contributed by atoms with Crippen molar-refractivity contribution >= 4 is 22.3 Å². The van der Waals surface area contributed by atoms with Crippen molar-refractivity contribution in [1.29, 1.82) is 0 Å². The molecule has 1 aromatic heterocycles. The van der Waals surface area contributed by atoms with Crippen LogP contribution in [0.2, 0.25) is 0 Å². The maximum absolute atomic E-state index is 7.38. The summed E-state index contributed by atoms with van der Waals surface area (Å²) in [6.07, 6.45) is 5.44. The fraction of sp³-hybridized carbons (Fsp3) is 0.516. The molecule has 6 rings (SSSR count). The minimum absolute atomic E-state index is 0.0142. The average Bonchev–Trinajstić information content (AvgIpc) is 3.29. The standard InChI is InChI=1S/C31H38N6O/c1-31(15-8-16-35(31)3)22-38-30-33-27-21-36(28-13-6-11-24-10-4-5-12-25(24)28)18-14-26(27)29(34-30)37-17-7-9-23(20-37)19-32-2/h4-6,10-13,23H,7-9,14-22H2,1,3H3/t23?,31-/m0/s1. The Morgan fingerprint density at radius 1 is 1.05 bits per heavy atom. The molecule has 0 amide bonds.